The summed E-state index contributed by atoms with van der Waals surface area (Å²) in [5.74, 6) is 1.04. The largest absolute Gasteiger partial charge is 0.316 e. The van der Waals surface area contributed by atoms with Crippen LogP contribution < -0.4 is 5.32 Å². The van der Waals surface area contributed by atoms with Crippen molar-refractivity contribution in [1.29, 1.82) is 0 Å². The minimum absolute atomic E-state index is 0.423. The molecule has 1 aromatic carbocycles. The zero-order valence-electron chi connectivity index (χ0n) is 12.1. The molecule has 1 N–H and O–H groups in total. The first kappa shape index (κ1) is 15.6. The molecule has 0 saturated heterocycles. The van der Waals surface area contributed by atoms with Crippen LogP contribution in [0.3, 0.4) is 0 Å². The third kappa shape index (κ3) is 3.87. The smallest absolute Gasteiger partial charge is 0.0738 e. The maximum atomic E-state index is 4.45. The van der Waals surface area contributed by atoms with E-state index in [4.69, 9.17) is 0 Å². The van der Waals surface area contributed by atoms with E-state index in [0.29, 0.717) is 6.04 Å². The number of likely N-dealkylation sites (N-methyl/N-ethyl adjacent to an activating group) is 1. The Morgan fingerprint density at radius 1 is 1.35 bits per heavy atom. The van der Waals surface area contributed by atoms with Crippen molar-refractivity contribution in [1.82, 2.24) is 15.1 Å². The molecule has 0 aliphatic carbocycles. The molecule has 0 fully saturated rings. The molecule has 2 rings (SSSR count). The first-order valence-corrected chi connectivity index (χ1v) is 8.42. The monoisotopic (exact) mass is 353 g/mol. The van der Waals surface area contributed by atoms with E-state index in [-0.39, 0.29) is 0 Å². The lowest BCUT2D eigenvalue weighted by atomic mass is 10.2. The van der Waals surface area contributed by atoms with Gasteiger partial charge in [0.05, 0.1) is 15.9 Å². The molecule has 1 heterocycles. The summed E-state index contributed by atoms with van der Waals surface area (Å²) in [5.41, 5.74) is 2.29. The minimum Gasteiger partial charge on any atom is -0.316 e. The van der Waals surface area contributed by atoms with Gasteiger partial charge >= 0.3 is 0 Å². The van der Waals surface area contributed by atoms with Crippen LogP contribution in [0.25, 0.3) is 0 Å². The molecule has 108 valence electrons. The zero-order chi connectivity index (χ0) is 14.5. The average molecular weight is 354 g/mol. The molecule has 0 radical (unpaired) electrons. The van der Waals surface area contributed by atoms with E-state index in [0.717, 1.165) is 22.3 Å². The van der Waals surface area contributed by atoms with Gasteiger partial charge in [-0.25, -0.2) is 0 Å². The second kappa shape index (κ2) is 7.29. The lowest BCUT2D eigenvalue weighted by Crippen LogP contribution is -2.31. The van der Waals surface area contributed by atoms with Gasteiger partial charge in [-0.3, -0.25) is 4.68 Å². The molecule has 1 unspecified atom stereocenters. The molecule has 0 bridgehead atoms. The lowest BCUT2D eigenvalue weighted by Gasteiger charge is -2.16. The molecule has 5 heteroatoms. The lowest BCUT2D eigenvalue weighted by molar-refractivity contribution is 0.580. The van der Waals surface area contributed by atoms with Crippen LogP contribution >= 0.6 is 27.7 Å². The number of aromatic nitrogens is 2. The predicted octanol–water partition coefficient (Wildman–Crippen LogP) is 3.41. The molecule has 2 aromatic rings. The van der Waals surface area contributed by atoms with Crippen molar-refractivity contribution in [3.05, 3.63) is 46.2 Å². The van der Waals surface area contributed by atoms with Gasteiger partial charge in [-0.2, -0.15) is 5.10 Å². The second-order valence-corrected chi connectivity index (χ2v) is 6.67. The SMILES string of the molecule is CNC(CSc1ccccc1)Cc1c(Br)c(C)nn1C. The highest BCUT2D eigenvalue weighted by Crippen LogP contribution is 2.24. The molecule has 0 amide bonds. The Balaban J connectivity index is 1.99. The Kier molecular flexibility index (Phi) is 5.69. The van der Waals surface area contributed by atoms with E-state index in [1.807, 2.05) is 37.5 Å². The van der Waals surface area contributed by atoms with Crippen LogP contribution in [-0.2, 0) is 13.5 Å². The first-order valence-electron chi connectivity index (χ1n) is 6.65. The maximum absolute atomic E-state index is 4.45. The van der Waals surface area contributed by atoms with E-state index in [1.54, 1.807) is 0 Å². The van der Waals surface area contributed by atoms with E-state index in [2.05, 4.69) is 56.7 Å². The van der Waals surface area contributed by atoms with E-state index in [1.165, 1.54) is 10.6 Å². The van der Waals surface area contributed by atoms with Crippen LogP contribution in [0.1, 0.15) is 11.4 Å². The quantitative estimate of drug-likeness (QED) is 0.807. The highest BCUT2D eigenvalue weighted by atomic mass is 79.9. The third-order valence-corrected chi connectivity index (χ3v) is 5.51. The number of aryl methyl sites for hydroxylation is 2. The summed E-state index contributed by atoms with van der Waals surface area (Å²) in [6.45, 7) is 2.03. The van der Waals surface area contributed by atoms with Crippen molar-refractivity contribution in [2.45, 2.75) is 24.3 Å². The van der Waals surface area contributed by atoms with Crippen LogP contribution in [0.4, 0.5) is 0 Å². The molecule has 1 atom stereocenters. The van der Waals surface area contributed by atoms with Gasteiger partial charge in [-0.15, -0.1) is 11.8 Å². The molecule has 1 aromatic heterocycles. The van der Waals surface area contributed by atoms with E-state index < -0.39 is 0 Å². The zero-order valence-corrected chi connectivity index (χ0v) is 14.5. The van der Waals surface area contributed by atoms with Gasteiger partial charge < -0.3 is 5.32 Å². The number of rotatable bonds is 6. The summed E-state index contributed by atoms with van der Waals surface area (Å²) in [5, 5.41) is 7.85. The van der Waals surface area contributed by atoms with Gasteiger partial charge in [0.1, 0.15) is 0 Å². The van der Waals surface area contributed by atoms with Gasteiger partial charge in [0, 0.05) is 30.2 Å². The van der Waals surface area contributed by atoms with Crippen molar-refractivity contribution < 1.29 is 0 Å². The maximum Gasteiger partial charge on any atom is 0.0738 e. The molecule has 3 nitrogen and oxygen atoms in total. The Hall–Kier alpha value is -0.780. The van der Waals surface area contributed by atoms with Crippen LogP contribution in [0.2, 0.25) is 0 Å². The Labute approximate surface area is 133 Å². The standard InChI is InChI=1S/C15H20BrN3S/c1-11-15(16)14(19(3)18-11)9-12(17-2)10-20-13-7-5-4-6-8-13/h4-8,12,17H,9-10H2,1-3H3. The summed E-state index contributed by atoms with van der Waals surface area (Å²) in [6.07, 6.45) is 0.967. The molecule has 0 saturated carbocycles. The van der Waals surface area contributed by atoms with Crippen molar-refractivity contribution in [3.63, 3.8) is 0 Å². The number of nitrogens with one attached hydrogen (secondary N) is 1. The van der Waals surface area contributed by atoms with Crippen LogP contribution in [0.15, 0.2) is 39.7 Å². The summed E-state index contributed by atoms with van der Waals surface area (Å²) in [4.78, 5) is 1.31. The molecule has 0 aliphatic rings. The van der Waals surface area contributed by atoms with Gasteiger partial charge in [-0.05, 0) is 42.0 Å². The second-order valence-electron chi connectivity index (χ2n) is 4.78. The fourth-order valence-electron chi connectivity index (χ4n) is 2.09. The fraction of sp³-hybridized carbons (Fsp3) is 0.400. The molecule has 0 aliphatic heterocycles. The average Bonchev–Trinajstić information content (AvgIpc) is 2.70. The van der Waals surface area contributed by atoms with Crippen LogP contribution in [0.5, 0.6) is 0 Å². The highest BCUT2D eigenvalue weighted by Gasteiger charge is 2.15. The van der Waals surface area contributed by atoms with Crippen LogP contribution in [-0.4, -0.2) is 28.6 Å². The number of halogens is 1. The number of hydrogen-bond acceptors (Lipinski definition) is 3. The summed E-state index contributed by atoms with van der Waals surface area (Å²) >= 11 is 5.52. The van der Waals surface area contributed by atoms with Gasteiger partial charge in [0.15, 0.2) is 0 Å². The number of nitrogens with zero attached hydrogens (tertiary/aromatic N) is 2. The van der Waals surface area contributed by atoms with Crippen molar-refractivity contribution in [2.24, 2.45) is 7.05 Å². The topological polar surface area (TPSA) is 29.9 Å². The van der Waals surface area contributed by atoms with Crippen molar-refractivity contribution >= 4 is 27.7 Å². The molecule has 0 spiro atoms. The first-order chi connectivity index (χ1) is 9.61. The minimum atomic E-state index is 0.423. The van der Waals surface area contributed by atoms with E-state index in [9.17, 15) is 0 Å². The molecule has 20 heavy (non-hydrogen) atoms. The number of benzene rings is 1. The Morgan fingerprint density at radius 3 is 2.60 bits per heavy atom. The van der Waals surface area contributed by atoms with Crippen molar-refractivity contribution in [3.8, 4) is 0 Å². The summed E-state index contributed by atoms with van der Waals surface area (Å²) < 4.78 is 3.10. The summed E-state index contributed by atoms with van der Waals surface area (Å²) in [7, 11) is 4.03. The highest BCUT2D eigenvalue weighted by molar-refractivity contribution is 9.10. The van der Waals surface area contributed by atoms with Crippen molar-refractivity contribution in [2.75, 3.05) is 12.8 Å². The van der Waals surface area contributed by atoms with Gasteiger partial charge in [-0.1, -0.05) is 18.2 Å². The number of thioether (sulfide) groups is 1. The fourth-order valence-corrected chi connectivity index (χ4v) is 3.62. The number of hydrogen-bond donors (Lipinski definition) is 1. The van der Waals surface area contributed by atoms with E-state index >= 15 is 0 Å². The Morgan fingerprint density at radius 2 is 2.05 bits per heavy atom. The normalized spacial score (nSPS) is 12.6. The summed E-state index contributed by atoms with van der Waals surface area (Å²) in [6, 6.07) is 10.9. The predicted molar refractivity (Wildman–Crippen MR) is 89.4 cm³/mol. The van der Waals surface area contributed by atoms with Gasteiger partial charge in [0.2, 0.25) is 0 Å². The molecular weight excluding hydrogens is 334 g/mol. The Bertz CT molecular complexity index is 554. The third-order valence-electron chi connectivity index (χ3n) is 3.30. The van der Waals surface area contributed by atoms with Gasteiger partial charge in [0.25, 0.3) is 0 Å². The van der Waals surface area contributed by atoms with Crippen LogP contribution in [0, 0.1) is 6.92 Å². The molecular formula is C15H20BrN3S.